The van der Waals surface area contributed by atoms with Crippen molar-refractivity contribution >= 4 is 53.4 Å². The van der Waals surface area contributed by atoms with Crippen LogP contribution in [0.25, 0.3) is 0 Å². The predicted molar refractivity (Wildman–Crippen MR) is 192 cm³/mol. The Balaban J connectivity index is 1.47. The molecule has 2 aliphatic heterocycles. The van der Waals surface area contributed by atoms with E-state index in [1.54, 1.807) is 7.05 Å². The van der Waals surface area contributed by atoms with Crippen molar-refractivity contribution in [3.8, 4) is 5.75 Å². The van der Waals surface area contributed by atoms with Crippen LogP contribution in [0.2, 0.25) is 0 Å². The summed E-state index contributed by atoms with van der Waals surface area (Å²) < 4.78 is 5.43. The van der Waals surface area contributed by atoms with Crippen LogP contribution in [-0.2, 0) is 24.0 Å². The molecule has 19 heteroatoms. The topological polar surface area (TPSA) is 256 Å². The number of unbranched alkanes of at least 4 members (excludes halogenated alkanes) is 2. The molecule has 1 aromatic carbocycles. The van der Waals surface area contributed by atoms with Gasteiger partial charge in [0, 0.05) is 83.7 Å². The second-order valence-electron chi connectivity index (χ2n) is 12.6. The van der Waals surface area contributed by atoms with E-state index < -0.39 is 48.0 Å². The zero-order valence-corrected chi connectivity index (χ0v) is 30.3. The number of carbonyl (C=O) groups is 8. The molecule has 1 fully saturated rings. The third kappa shape index (κ3) is 14.2. The number of rotatable bonds is 20. The second kappa shape index (κ2) is 21.5. The Morgan fingerprint density at radius 1 is 0.926 bits per heavy atom. The number of piperazine rings is 1. The number of nitrogens with two attached hydrogens (primary N) is 1. The van der Waals surface area contributed by atoms with Crippen molar-refractivity contribution in [1.29, 1.82) is 0 Å². The molecule has 6 N–H and O–H groups in total. The average Bonchev–Trinajstić information content (AvgIpc) is 3.46. The van der Waals surface area contributed by atoms with Crippen LogP contribution in [0.5, 0.6) is 5.75 Å². The van der Waals surface area contributed by atoms with Crippen LogP contribution in [0.1, 0.15) is 38.5 Å². The van der Waals surface area contributed by atoms with Crippen LogP contribution in [0.4, 0.5) is 20.1 Å². The fraction of sp³-hybridized carbons (Fsp3) is 0.486. The maximum absolute atomic E-state index is 13.3. The first-order chi connectivity index (χ1) is 25.8. The standard InChI is InChI=1S/C35H49N9O10/c1-3-26(39-28(45)9-5-4-6-17-44-29(46)14-15-30(44)47)31(48)40-27(8-7-16-37-33(36)50)32(49)38-24-10-12-25(13-11-24)54-35(53)41(2)18-19-42-20-22-43(23-21-42)34(51)52/h3,10-15,26-27H,1,4-9,16-23H2,2H3,(H,38,49)(H,39,45)(H,40,48)(H,51,52)(H3,36,37,50)/p-1/t26-,27-/m0/s1. The average molecular weight is 755 g/mol. The quantitative estimate of drug-likeness (QED) is 0.0620. The van der Waals surface area contributed by atoms with Gasteiger partial charge in [0.1, 0.15) is 23.9 Å². The number of primary amides is 1. The monoisotopic (exact) mass is 754 g/mol. The van der Waals surface area contributed by atoms with Gasteiger partial charge in [-0.05, 0) is 49.9 Å². The minimum absolute atomic E-state index is 0.0774. The molecule has 19 nitrogen and oxygen atoms in total. The summed E-state index contributed by atoms with van der Waals surface area (Å²) in [5.41, 5.74) is 5.46. The number of carboxylic acid groups (broad SMARTS) is 1. The molecule has 2 atom stereocenters. The first kappa shape index (κ1) is 42.4. The van der Waals surface area contributed by atoms with Crippen molar-refractivity contribution in [2.24, 2.45) is 5.73 Å². The number of benzene rings is 1. The van der Waals surface area contributed by atoms with E-state index in [0.29, 0.717) is 64.2 Å². The summed E-state index contributed by atoms with van der Waals surface area (Å²) in [6.07, 6.45) is 3.81. The largest absolute Gasteiger partial charge is 0.530 e. The molecule has 2 aliphatic rings. The molecule has 54 heavy (non-hydrogen) atoms. The molecule has 0 aromatic heterocycles. The SMILES string of the molecule is C=C[C@H](NC(=O)CCCCCN1C(=O)C=CC1=O)C(=O)N[C@@H](CCCNC(N)=O)C(=O)Nc1ccc(OC(=O)N(C)CCN2CCN(C(=O)[O-])CC2)cc1. The van der Waals surface area contributed by atoms with E-state index in [1.807, 2.05) is 4.90 Å². The summed E-state index contributed by atoms with van der Waals surface area (Å²) in [6.45, 7) is 6.62. The maximum atomic E-state index is 13.3. The Morgan fingerprint density at radius 2 is 1.59 bits per heavy atom. The van der Waals surface area contributed by atoms with E-state index >= 15 is 0 Å². The lowest BCUT2D eigenvalue weighted by Crippen LogP contribution is -2.53. The van der Waals surface area contributed by atoms with E-state index in [2.05, 4.69) is 27.8 Å². The van der Waals surface area contributed by atoms with Gasteiger partial charge >= 0.3 is 12.1 Å². The smallest absolute Gasteiger partial charge is 0.415 e. The molecule has 1 saturated heterocycles. The lowest BCUT2D eigenvalue weighted by Gasteiger charge is -2.36. The van der Waals surface area contributed by atoms with E-state index in [1.165, 1.54) is 52.3 Å². The molecule has 0 unspecified atom stereocenters. The molecular formula is C35H48N9O10-. The van der Waals surface area contributed by atoms with Crippen LogP contribution >= 0.6 is 0 Å². The van der Waals surface area contributed by atoms with Crippen molar-refractivity contribution in [3.63, 3.8) is 0 Å². The first-order valence-electron chi connectivity index (χ1n) is 17.6. The fourth-order valence-corrected chi connectivity index (χ4v) is 5.46. The highest BCUT2D eigenvalue weighted by molar-refractivity contribution is 6.12. The minimum Gasteiger partial charge on any atom is -0.530 e. The molecule has 294 valence electrons. The van der Waals surface area contributed by atoms with Gasteiger partial charge in [-0.2, -0.15) is 0 Å². The van der Waals surface area contributed by atoms with Gasteiger partial charge < -0.3 is 51.4 Å². The lowest BCUT2D eigenvalue weighted by atomic mass is 10.1. The summed E-state index contributed by atoms with van der Waals surface area (Å²) in [6, 6.07) is 2.99. The number of ether oxygens (including phenoxy) is 1. The maximum Gasteiger partial charge on any atom is 0.415 e. The summed E-state index contributed by atoms with van der Waals surface area (Å²) in [5.74, 6) is -2.23. The normalized spacial score (nSPS) is 15.2. The molecule has 0 spiro atoms. The van der Waals surface area contributed by atoms with Crippen molar-refractivity contribution in [2.75, 3.05) is 64.7 Å². The van der Waals surface area contributed by atoms with Crippen LogP contribution < -0.4 is 36.8 Å². The summed E-state index contributed by atoms with van der Waals surface area (Å²) in [7, 11) is 1.58. The number of anilines is 1. The van der Waals surface area contributed by atoms with E-state index in [0.717, 1.165) is 4.90 Å². The van der Waals surface area contributed by atoms with E-state index in [-0.39, 0.29) is 49.9 Å². The van der Waals surface area contributed by atoms with Gasteiger partial charge in [-0.3, -0.25) is 33.8 Å². The minimum atomic E-state index is -1.20. The third-order valence-electron chi connectivity index (χ3n) is 8.64. The number of carbonyl (C=O) groups excluding carboxylic acids is 8. The molecule has 3 rings (SSSR count). The van der Waals surface area contributed by atoms with Crippen molar-refractivity contribution in [1.82, 2.24) is 35.6 Å². The Morgan fingerprint density at radius 3 is 2.20 bits per heavy atom. The summed E-state index contributed by atoms with van der Waals surface area (Å²) >= 11 is 0. The number of urea groups is 1. The first-order valence-corrected chi connectivity index (χ1v) is 17.6. The van der Waals surface area contributed by atoms with Gasteiger partial charge in [0.15, 0.2) is 0 Å². The number of likely N-dealkylation sites (N-methyl/N-ethyl adjacent to an activating group) is 1. The van der Waals surface area contributed by atoms with Gasteiger partial charge in [0.05, 0.1) is 0 Å². The van der Waals surface area contributed by atoms with Crippen molar-refractivity contribution in [2.45, 2.75) is 50.6 Å². The number of imide groups is 1. The highest BCUT2D eigenvalue weighted by atomic mass is 16.6. The van der Waals surface area contributed by atoms with Crippen LogP contribution in [-0.4, -0.2) is 139 Å². The van der Waals surface area contributed by atoms with E-state index in [9.17, 15) is 43.5 Å². The van der Waals surface area contributed by atoms with Crippen molar-refractivity contribution < 1.29 is 48.2 Å². The summed E-state index contributed by atoms with van der Waals surface area (Å²) in [5, 5.41) is 21.3. The molecule has 0 bridgehead atoms. The molecule has 0 saturated carbocycles. The van der Waals surface area contributed by atoms with Gasteiger partial charge in [0.25, 0.3) is 11.8 Å². The Bertz CT molecular complexity index is 1540. The number of amides is 9. The van der Waals surface area contributed by atoms with Crippen LogP contribution in [0.15, 0.2) is 49.1 Å². The predicted octanol–water partition coefficient (Wildman–Crippen LogP) is -0.894. The number of hydrogen-bond donors (Lipinski definition) is 5. The van der Waals surface area contributed by atoms with Crippen LogP contribution in [0, 0.1) is 0 Å². The number of nitrogens with zero attached hydrogens (tertiary/aromatic N) is 4. The lowest BCUT2D eigenvalue weighted by molar-refractivity contribution is -0.266. The highest BCUT2D eigenvalue weighted by Crippen LogP contribution is 2.17. The molecule has 2 heterocycles. The van der Waals surface area contributed by atoms with Gasteiger partial charge in [0.2, 0.25) is 17.7 Å². The molecule has 0 aliphatic carbocycles. The Labute approximate surface area is 312 Å². The highest BCUT2D eigenvalue weighted by Gasteiger charge is 2.26. The Kier molecular flexibility index (Phi) is 16.9. The van der Waals surface area contributed by atoms with Gasteiger partial charge in [-0.25, -0.2) is 9.59 Å². The van der Waals surface area contributed by atoms with Crippen molar-refractivity contribution in [3.05, 3.63) is 49.1 Å². The second-order valence-corrected chi connectivity index (χ2v) is 12.6. The zero-order valence-electron chi connectivity index (χ0n) is 30.3. The molecular weight excluding hydrogens is 706 g/mol. The Hall–Kier alpha value is -5.98. The summed E-state index contributed by atoms with van der Waals surface area (Å²) in [4.78, 5) is 103. The number of hydrogen-bond acceptors (Lipinski definition) is 11. The molecule has 0 radical (unpaired) electrons. The zero-order chi connectivity index (χ0) is 39.6. The van der Waals surface area contributed by atoms with E-state index in [4.69, 9.17) is 10.5 Å². The van der Waals surface area contributed by atoms with Gasteiger partial charge in [-0.1, -0.05) is 12.5 Å². The fourth-order valence-electron chi connectivity index (χ4n) is 5.46. The third-order valence-corrected chi connectivity index (χ3v) is 8.64. The molecule has 1 aromatic rings. The number of nitrogens with one attached hydrogen (secondary N) is 4. The van der Waals surface area contributed by atoms with Crippen LogP contribution in [0.3, 0.4) is 0 Å². The molecule has 9 amide bonds. The van der Waals surface area contributed by atoms with Gasteiger partial charge in [-0.15, -0.1) is 6.58 Å².